The zero-order chi connectivity index (χ0) is 13.8. The van der Waals surface area contributed by atoms with Gasteiger partial charge >= 0.3 is 0 Å². The summed E-state index contributed by atoms with van der Waals surface area (Å²) in [6.07, 6.45) is 1.88. The monoisotopic (exact) mass is 279 g/mol. The fourth-order valence-corrected chi connectivity index (χ4v) is 2.03. The fourth-order valence-electron chi connectivity index (χ4n) is 1.90. The van der Waals surface area contributed by atoms with E-state index in [1.807, 2.05) is 31.3 Å². The van der Waals surface area contributed by atoms with Gasteiger partial charge in [-0.3, -0.25) is 0 Å². The van der Waals surface area contributed by atoms with Crippen LogP contribution in [0.5, 0.6) is 5.88 Å². The Kier molecular flexibility index (Phi) is 4.32. The van der Waals surface area contributed by atoms with Gasteiger partial charge in [-0.05, 0) is 24.1 Å². The molecule has 1 aromatic heterocycles. The summed E-state index contributed by atoms with van der Waals surface area (Å²) in [5.74, 6) is 0.624. The molecule has 0 aliphatic carbocycles. The van der Waals surface area contributed by atoms with E-state index >= 15 is 0 Å². The van der Waals surface area contributed by atoms with Crippen LogP contribution in [-0.2, 0) is 20.1 Å². The fraction of sp³-hybridized carbons (Fsp3) is 0.357. The molecule has 19 heavy (non-hydrogen) atoms. The quantitative estimate of drug-likeness (QED) is 0.914. The number of nitrogen functional groups attached to an aromatic ring is 1. The van der Waals surface area contributed by atoms with Crippen molar-refractivity contribution in [1.82, 2.24) is 9.78 Å². The molecule has 0 atom stereocenters. The van der Waals surface area contributed by atoms with Gasteiger partial charge in [-0.2, -0.15) is 5.10 Å². The summed E-state index contributed by atoms with van der Waals surface area (Å²) in [5, 5.41) is 5.09. The van der Waals surface area contributed by atoms with Crippen LogP contribution in [0.25, 0.3) is 0 Å². The Labute approximate surface area is 118 Å². The van der Waals surface area contributed by atoms with Crippen molar-refractivity contribution in [3.63, 3.8) is 0 Å². The average molecular weight is 280 g/mol. The Morgan fingerprint density at radius 3 is 2.63 bits per heavy atom. The predicted molar refractivity (Wildman–Crippen MR) is 77.4 cm³/mol. The lowest BCUT2D eigenvalue weighted by atomic mass is 10.2. The second-order valence-electron chi connectivity index (χ2n) is 4.45. The highest BCUT2D eigenvalue weighted by molar-refractivity contribution is 6.30. The SMILES string of the molecule is CCCc1nn(C)c(OCc2ccc(Cl)cc2)c1N. The largest absolute Gasteiger partial charge is 0.471 e. The van der Waals surface area contributed by atoms with E-state index in [9.17, 15) is 0 Å². The second kappa shape index (κ2) is 5.97. The lowest BCUT2D eigenvalue weighted by Crippen LogP contribution is -2.02. The molecular weight excluding hydrogens is 262 g/mol. The van der Waals surface area contributed by atoms with Crippen molar-refractivity contribution in [3.05, 3.63) is 40.5 Å². The van der Waals surface area contributed by atoms with Gasteiger partial charge in [-0.25, -0.2) is 4.68 Å². The summed E-state index contributed by atoms with van der Waals surface area (Å²) in [4.78, 5) is 0. The molecule has 5 heteroatoms. The van der Waals surface area contributed by atoms with Crippen LogP contribution in [0.3, 0.4) is 0 Å². The van der Waals surface area contributed by atoms with E-state index in [2.05, 4.69) is 12.0 Å². The number of nitrogens with zero attached hydrogens (tertiary/aromatic N) is 2. The van der Waals surface area contributed by atoms with Gasteiger partial charge in [0.25, 0.3) is 0 Å². The van der Waals surface area contributed by atoms with Gasteiger partial charge in [0.1, 0.15) is 12.3 Å². The molecule has 2 rings (SSSR count). The van der Waals surface area contributed by atoms with Crippen molar-refractivity contribution in [2.45, 2.75) is 26.4 Å². The van der Waals surface area contributed by atoms with E-state index in [0.29, 0.717) is 23.2 Å². The normalized spacial score (nSPS) is 10.7. The number of rotatable bonds is 5. The van der Waals surface area contributed by atoms with Gasteiger partial charge in [0.05, 0.1) is 5.69 Å². The minimum absolute atomic E-state index is 0.451. The Morgan fingerprint density at radius 2 is 2.00 bits per heavy atom. The van der Waals surface area contributed by atoms with Crippen molar-refractivity contribution >= 4 is 17.3 Å². The molecule has 1 heterocycles. The van der Waals surface area contributed by atoms with Crippen molar-refractivity contribution in [3.8, 4) is 5.88 Å². The highest BCUT2D eigenvalue weighted by atomic mass is 35.5. The Hall–Kier alpha value is -1.68. The van der Waals surface area contributed by atoms with E-state index in [1.54, 1.807) is 4.68 Å². The number of hydrogen-bond acceptors (Lipinski definition) is 3. The molecule has 2 aromatic rings. The van der Waals surface area contributed by atoms with Crippen molar-refractivity contribution in [2.24, 2.45) is 7.05 Å². The molecule has 0 saturated carbocycles. The highest BCUT2D eigenvalue weighted by Crippen LogP contribution is 2.26. The van der Waals surface area contributed by atoms with E-state index in [4.69, 9.17) is 22.1 Å². The summed E-state index contributed by atoms with van der Waals surface area (Å²) in [7, 11) is 1.84. The lowest BCUT2D eigenvalue weighted by molar-refractivity contribution is 0.280. The molecule has 4 nitrogen and oxygen atoms in total. The number of hydrogen-bond donors (Lipinski definition) is 1. The second-order valence-corrected chi connectivity index (χ2v) is 4.89. The van der Waals surface area contributed by atoms with Crippen molar-refractivity contribution < 1.29 is 4.74 Å². The van der Waals surface area contributed by atoms with Crippen LogP contribution < -0.4 is 10.5 Å². The third kappa shape index (κ3) is 3.20. The smallest absolute Gasteiger partial charge is 0.236 e. The van der Waals surface area contributed by atoms with Crippen LogP contribution in [-0.4, -0.2) is 9.78 Å². The minimum atomic E-state index is 0.451. The van der Waals surface area contributed by atoms with E-state index < -0.39 is 0 Å². The topological polar surface area (TPSA) is 53.1 Å². The van der Waals surface area contributed by atoms with Crippen LogP contribution >= 0.6 is 11.6 Å². The minimum Gasteiger partial charge on any atom is -0.471 e. The van der Waals surface area contributed by atoms with Gasteiger partial charge in [0.15, 0.2) is 0 Å². The molecule has 0 spiro atoms. The molecule has 102 valence electrons. The van der Waals surface area contributed by atoms with Crippen LogP contribution in [0.2, 0.25) is 5.02 Å². The first-order valence-corrected chi connectivity index (χ1v) is 6.68. The lowest BCUT2D eigenvalue weighted by Gasteiger charge is -2.07. The maximum Gasteiger partial charge on any atom is 0.236 e. The number of anilines is 1. The van der Waals surface area contributed by atoms with Gasteiger partial charge < -0.3 is 10.5 Å². The molecule has 0 radical (unpaired) electrons. The first-order valence-electron chi connectivity index (χ1n) is 6.30. The zero-order valence-corrected chi connectivity index (χ0v) is 11.9. The highest BCUT2D eigenvalue weighted by Gasteiger charge is 2.13. The summed E-state index contributed by atoms with van der Waals surface area (Å²) in [5.41, 5.74) is 8.63. The summed E-state index contributed by atoms with van der Waals surface area (Å²) in [6.45, 7) is 2.55. The number of benzene rings is 1. The maximum atomic E-state index is 6.05. The third-order valence-corrected chi connectivity index (χ3v) is 3.13. The zero-order valence-electron chi connectivity index (χ0n) is 11.2. The number of halogens is 1. The molecule has 0 aliphatic rings. The van der Waals surface area contributed by atoms with Gasteiger partial charge in [-0.15, -0.1) is 0 Å². The van der Waals surface area contributed by atoms with Crippen LogP contribution in [0.15, 0.2) is 24.3 Å². The first-order chi connectivity index (χ1) is 9.11. The third-order valence-electron chi connectivity index (χ3n) is 2.88. The number of nitrogens with two attached hydrogens (primary N) is 1. The average Bonchev–Trinajstić information content (AvgIpc) is 2.65. The molecular formula is C14H18ClN3O. The van der Waals surface area contributed by atoms with Crippen molar-refractivity contribution in [2.75, 3.05) is 5.73 Å². The summed E-state index contributed by atoms with van der Waals surface area (Å²) in [6, 6.07) is 7.55. The summed E-state index contributed by atoms with van der Waals surface area (Å²) >= 11 is 5.84. The maximum absolute atomic E-state index is 6.05. The molecule has 0 bridgehead atoms. The van der Waals surface area contributed by atoms with Gasteiger partial charge in [-0.1, -0.05) is 37.1 Å². The standard InChI is InChI=1S/C14H18ClN3O/c1-3-4-12-13(16)14(18(2)17-12)19-9-10-5-7-11(15)8-6-10/h5-8H,3-4,9,16H2,1-2H3. The number of ether oxygens (including phenoxy) is 1. The van der Waals surface area contributed by atoms with Crippen LogP contribution in [0.4, 0.5) is 5.69 Å². The van der Waals surface area contributed by atoms with Gasteiger partial charge in [0.2, 0.25) is 5.88 Å². The molecule has 2 N–H and O–H groups in total. The van der Waals surface area contributed by atoms with Crippen LogP contribution in [0, 0.1) is 0 Å². The number of aryl methyl sites for hydroxylation is 2. The van der Waals surface area contributed by atoms with Crippen molar-refractivity contribution in [1.29, 1.82) is 0 Å². The first kappa shape index (κ1) is 13.7. The predicted octanol–water partition coefficient (Wildman–Crippen LogP) is 3.19. The Bertz CT molecular complexity index is 549. The molecule has 0 saturated heterocycles. The van der Waals surface area contributed by atoms with E-state index in [-0.39, 0.29) is 0 Å². The van der Waals surface area contributed by atoms with E-state index in [1.165, 1.54) is 0 Å². The van der Waals surface area contributed by atoms with Gasteiger partial charge in [0, 0.05) is 12.1 Å². The molecule has 1 aromatic carbocycles. The molecule has 0 fully saturated rings. The summed E-state index contributed by atoms with van der Waals surface area (Å²) < 4.78 is 7.44. The van der Waals surface area contributed by atoms with Crippen LogP contribution in [0.1, 0.15) is 24.6 Å². The Morgan fingerprint density at radius 1 is 1.32 bits per heavy atom. The Balaban J connectivity index is 2.09. The molecule has 0 unspecified atom stereocenters. The van der Waals surface area contributed by atoms with E-state index in [0.717, 1.165) is 24.1 Å². The molecule has 0 amide bonds. The number of aromatic nitrogens is 2. The molecule has 0 aliphatic heterocycles.